The average Bonchev–Trinajstić information content (AvgIpc) is 2.89. The summed E-state index contributed by atoms with van der Waals surface area (Å²) in [6.45, 7) is 11.7. The first-order valence-electron chi connectivity index (χ1n) is 13.3. The van der Waals surface area contributed by atoms with Gasteiger partial charge in [0.05, 0.1) is 12.8 Å². The minimum atomic E-state index is -0.618. The molecule has 0 radical (unpaired) electrons. The number of hydrogen-bond acceptors (Lipinski definition) is 8. The summed E-state index contributed by atoms with van der Waals surface area (Å²) in [6, 6.07) is 14.4. The molecule has 3 aromatic rings. The molecule has 1 aromatic heterocycles. The van der Waals surface area contributed by atoms with E-state index in [-0.39, 0.29) is 11.8 Å². The molecule has 1 amide bonds. The van der Waals surface area contributed by atoms with Crippen LogP contribution in [0, 0.1) is 11.7 Å². The highest BCUT2D eigenvalue weighted by Crippen LogP contribution is 2.25. The number of ether oxygens (including phenoxy) is 2. The lowest BCUT2D eigenvalue weighted by Gasteiger charge is -2.30. The van der Waals surface area contributed by atoms with Gasteiger partial charge in [-0.15, -0.1) is 0 Å². The molecule has 4 rings (SSSR count). The second-order valence-electron chi connectivity index (χ2n) is 10.6. The molecule has 0 spiro atoms. The minimum absolute atomic E-state index is 0.00371. The smallest absolute Gasteiger partial charge is 0.412 e. The number of aromatic nitrogens is 2. The molecule has 208 valence electrons. The first kappa shape index (κ1) is 28.1. The molecule has 2 aromatic carbocycles. The number of benzene rings is 2. The quantitative estimate of drug-likeness (QED) is 0.283. The van der Waals surface area contributed by atoms with Gasteiger partial charge in [0.25, 0.3) is 0 Å². The largest absolute Gasteiger partial charge is 0.493 e. The normalized spacial score (nSPS) is 14.5. The van der Waals surface area contributed by atoms with Crippen molar-refractivity contribution in [2.75, 3.05) is 42.2 Å². The fourth-order valence-corrected chi connectivity index (χ4v) is 4.19. The van der Waals surface area contributed by atoms with Gasteiger partial charge in [0.2, 0.25) is 5.95 Å². The molecule has 2 heterocycles. The van der Waals surface area contributed by atoms with Gasteiger partial charge in [0, 0.05) is 17.1 Å². The SMILES string of the molecule is CCN1CCC(COc2ccc(Nc3ncc(F)c(Nc4cccc(NC(=O)OC(C)(C)C)c4)n3)cc2)CC1. The summed E-state index contributed by atoms with van der Waals surface area (Å²) in [5.41, 5.74) is 1.16. The number of carbonyl (C=O) groups is 1. The van der Waals surface area contributed by atoms with Gasteiger partial charge in [0.1, 0.15) is 11.4 Å². The van der Waals surface area contributed by atoms with Gasteiger partial charge < -0.3 is 25.0 Å². The summed E-state index contributed by atoms with van der Waals surface area (Å²) in [4.78, 5) is 22.9. The Labute approximate surface area is 229 Å². The van der Waals surface area contributed by atoms with Gasteiger partial charge in [-0.05, 0) is 102 Å². The Morgan fingerprint density at radius 2 is 1.77 bits per heavy atom. The molecule has 1 saturated heterocycles. The van der Waals surface area contributed by atoms with Crippen LogP contribution in [0.4, 0.5) is 38.0 Å². The lowest BCUT2D eigenvalue weighted by Crippen LogP contribution is -2.35. The zero-order valence-electron chi connectivity index (χ0n) is 23.0. The number of anilines is 5. The highest BCUT2D eigenvalue weighted by Gasteiger charge is 2.19. The van der Waals surface area contributed by atoms with E-state index >= 15 is 0 Å². The van der Waals surface area contributed by atoms with Gasteiger partial charge in [0.15, 0.2) is 11.6 Å². The highest BCUT2D eigenvalue weighted by atomic mass is 19.1. The van der Waals surface area contributed by atoms with E-state index in [2.05, 4.69) is 37.7 Å². The number of hydrogen-bond donors (Lipinski definition) is 3. The fourth-order valence-electron chi connectivity index (χ4n) is 4.19. The molecule has 1 fully saturated rings. The van der Waals surface area contributed by atoms with Crippen molar-refractivity contribution in [1.29, 1.82) is 0 Å². The second kappa shape index (κ2) is 12.8. The third kappa shape index (κ3) is 8.81. The molecule has 0 bridgehead atoms. The van der Waals surface area contributed by atoms with Crippen LogP contribution in [0.3, 0.4) is 0 Å². The summed E-state index contributed by atoms with van der Waals surface area (Å²) in [5.74, 6) is 1.01. The number of nitrogens with one attached hydrogen (secondary N) is 3. The topological polar surface area (TPSA) is 101 Å². The molecule has 0 saturated carbocycles. The standard InChI is InChI=1S/C29H37FN6O3/c1-5-36-15-13-20(14-16-36)19-38-24-11-9-21(10-12-24)33-27-31-18-25(30)26(35-27)32-22-7-6-8-23(17-22)34-28(37)39-29(2,3)4/h6-12,17-18,20H,5,13-16,19H2,1-4H3,(H,34,37)(H2,31,32,33,35). The maximum atomic E-state index is 14.5. The van der Waals surface area contributed by atoms with E-state index in [9.17, 15) is 9.18 Å². The molecular weight excluding hydrogens is 499 g/mol. The van der Waals surface area contributed by atoms with Crippen LogP contribution >= 0.6 is 0 Å². The zero-order chi connectivity index (χ0) is 27.8. The fraction of sp³-hybridized carbons (Fsp3) is 0.414. The van der Waals surface area contributed by atoms with Crippen LogP contribution in [-0.4, -0.2) is 52.8 Å². The number of halogens is 1. The van der Waals surface area contributed by atoms with E-state index in [1.54, 1.807) is 45.0 Å². The third-order valence-electron chi connectivity index (χ3n) is 6.27. The Balaban J connectivity index is 1.33. The molecule has 10 heteroatoms. The van der Waals surface area contributed by atoms with Crippen molar-refractivity contribution in [3.63, 3.8) is 0 Å². The summed E-state index contributed by atoms with van der Waals surface area (Å²) in [6.07, 6.45) is 2.85. The van der Waals surface area contributed by atoms with Crippen molar-refractivity contribution in [2.45, 2.75) is 46.1 Å². The van der Waals surface area contributed by atoms with Crippen molar-refractivity contribution in [1.82, 2.24) is 14.9 Å². The van der Waals surface area contributed by atoms with Crippen LogP contribution in [0.2, 0.25) is 0 Å². The first-order valence-corrected chi connectivity index (χ1v) is 13.3. The summed E-state index contributed by atoms with van der Waals surface area (Å²) < 4.78 is 25.8. The molecule has 1 aliphatic heterocycles. The monoisotopic (exact) mass is 536 g/mol. The number of likely N-dealkylation sites (tertiary alicyclic amines) is 1. The Kier molecular flexibility index (Phi) is 9.19. The maximum absolute atomic E-state index is 14.5. The van der Waals surface area contributed by atoms with E-state index in [4.69, 9.17) is 9.47 Å². The molecule has 0 unspecified atom stereocenters. The number of rotatable bonds is 9. The van der Waals surface area contributed by atoms with Crippen LogP contribution in [0.25, 0.3) is 0 Å². The van der Waals surface area contributed by atoms with Crippen molar-refractivity contribution in [3.8, 4) is 5.75 Å². The van der Waals surface area contributed by atoms with Gasteiger partial charge >= 0.3 is 6.09 Å². The van der Waals surface area contributed by atoms with Crippen molar-refractivity contribution >= 4 is 34.9 Å². The van der Waals surface area contributed by atoms with Crippen LogP contribution in [0.5, 0.6) is 5.75 Å². The van der Waals surface area contributed by atoms with E-state index in [0.29, 0.717) is 17.3 Å². The van der Waals surface area contributed by atoms with Crippen molar-refractivity contribution in [3.05, 3.63) is 60.5 Å². The lowest BCUT2D eigenvalue weighted by atomic mass is 9.98. The molecule has 1 aliphatic rings. The third-order valence-corrected chi connectivity index (χ3v) is 6.27. The number of amides is 1. The van der Waals surface area contributed by atoms with E-state index in [1.165, 1.54) is 0 Å². The molecule has 9 nitrogen and oxygen atoms in total. The van der Waals surface area contributed by atoms with Crippen LogP contribution in [-0.2, 0) is 4.74 Å². The van der Waals surface area contributed by atoms with E-state index < -0.39 is 17.5 Å². The predicted molar refractivity (Wildman–Crippen MR) is 152 cm³/mol. The summed E-state index contributed by atoms with van der Waals surface area (Å²) in [5, 5.41) is 8.71. The van der Waals surface area contributed by atoms with E-state index in [1.807, 2.05) is 24.3 Å². The summed E-state index contributed by atoms with van der Waals surface area (Å²) in [7, 11) is 0. The Morgan fingerprint density at radius 3 is 2.46 bits per heavy atom. The first-order chi connectivity index (χ1) is 18.7. The molecule has 3 N–H and O–H groups in total. The second-order valence-corrected chi connectivity index (χ2v) is 10.6. The van der Waals surface area contributed by atoms with Crippen LogP contribution < -0.4 is 20.7 Å². The average molecular weight is 537 g/mol. The number of nitrogens with zero attached hydrogens (tertiary/aromatic N) is 3. The summed E-state index contributed by atoms with van der Waals surface area (Å²) >= 11 is 0. The van der Waals surface area contributed by atoms with Gasteiger partial charge in [-0.3, -0.25) is 5.32 Å². The predicted octanol–water partition coefficient (Wildman–Crippen LogP) is 6.56. The zero-order valence-corrected chi connectivity index (χ0v) is 23.0. The van der Waals surface area contributed by atoms with Gasteiger partial charge in [-0.2, -0.15) is 4.98 Å². The van der Waals surface area contributed by atoms with Gasteiger partial charge in [-0.1, -0.05) is 13.0 Å². The molecule has 0 atom stereocenters. The van der Waals surface area contributed by atoms with Gasteiger partial charge in [-0.25, -0.2) is 14.2 Å². The van der Waals surface area contributed by atoms with Crippen molar-refractivity contribution in [2.24, 2.45) is 5.92 Å². The van der Waals surface area contributed by atoms with Crippen LogP contribution in [0.15, 0.2) is 54.7 Å². The van der Waals surface area contributed by atoms with Crippen molar-refractivity contribution < 1.29 is 18.7 Å². The molecule has 39 heavy (non-hydrogen) atoms. The number of piperidine rings is 1. The maximum Gasteiger partial charge on any atom is 0.412 e. The molecular formula is C29H37FN6O3. The molecule has 0 aliphatic carbocycles. The highest BCUT2D eigenvalue weighted by molar-refractivity contribution is 5.85. The number of carbonyl (C=O) groups excluding carboxylic acids is 1. The van der Waals surface area contributed by atoms with E-state index in [0.717, 1.165) is 56.7 Å². The Hall–Kier alpha value is -3.92. The Bertz CT molecular complexity index is 1240. The lowest BCUT2D eigenvalue weighted by molar-refractivity contribution is 0.0636. The Morgan fingerprint density at radius 1 is 1.05 bits per heavy atom. The minimum Gasteiger partial charge on any atom is -0.493 e. The van der Waals surface area contributed by atoms with Crippen LogP contribution in [0.1, 0.15) is 40.5 Å².